The van der Waals surface area contributed by atoms with Gasteiger partial charge in [-0.2, -0.15) is 0 Å². The fourth-order valence-electron chi connectivity index (χ4n) is 3.24. The number of quaternary nitrogens is 2. The van der Waals surface area contributed by atoms with E-state index in [0.717, 1.165) is 45.5 Å². The molecule has 0 fully saturated rings. The highest BCUT2D eigenvalue weighted by Gasteiger charge is 2.14. The lowest BCUT2D eigenvalue weighted by Gasteiger charge is -2.13. The van der Waals surface area contributed by atoms with E-state index in [-0.39, 0.29) is 0 Å². The van der Waals surface area contributed by atoms with Crippen molar-refractivity contribution in [1.82, 2.24) is 9.97 Å². The smallest absolute Gasteiger partial charge is 0.118 e. The van der Waals surface area contributed by atoms with Gasteiger partial charge in [0, 0.05) is 28.3 Å². The molecule has 128 valence electrons. The lowest BCUT2D eigenvalue weighted by Crippen LogP contribution is -2.47. The number of aromatic nitrogens is 2. The Labute approximate surface area is 152 Å². The maximum absolute atomic E-state index is 5.00. The Hall–Kier alpha value is -3.08. The van der Waals surface area contributed by atoms with E-state index in [2.05, 4.69) is 71.0 Å². The van der Waals surface area contributed by atoms with Crippen LogP contribution >= 0.6 is 0 Å². The van der Waals surface area contributed by atoms with Crippen LogP contribution in [0.3, 0.4) is 0 Å². The molecule has 4 rings (SSSR count). The second-order valence-electron chi connectivity index (χ2n) is 6.27. The molecule has 0 aliphatic heterocycles. The molecule has 0 saturated heterocycles. The minimum atomic E-state index is 0.644. The number of fused-ring (bicyclic) bond motifs is 1. The molecule has 2 heterocycles. The summed E-state index contributed by atoms with van der Waals surface area (Å²) >= 11 is 0. The summed E-state index contributed by atoms with van der Waals surface area (Å²) in [4.78, 5) is 9.48. The predicted molar refractivity (Wildman–Crippen MR) is 104 cm³/mol. The zero-order valence-corrected chi connectivity index (χ0v) is 14.7. The van der Waals surface area contributed by atoms with Gasteiger partial charge in [-0.05, 0) is 17.7 Å². The van der Waals surface area contributed by atoms with Crippen LogP contribution in [0.15, 0.2) is 72.9 Å². The highest BCUT2D eigenvalue weighted by Crippen LogP contribution is 2.34. The molecule has 0 spiro atoms. The van der Waals surface area contributed by atoms with Crippen LogP contribution in [0, 0.1) is 0 Å². The van der Waals surface area contributed by atoms with Crippen molar-refractivity contribution in [2.45, 2.75) is 13.1 Å². The normalized spacial score (nSPS) is 11.0. The second-order valence-corrected chi connectivity index (χ2v) is 6.27. The number of hydrogen-bond donors (Lipinski definition) is 2. The SMILES string of the molecule is [NH3+]Cc1ccc(-c2nc3ccnc(C[NH3+])c3cc2-c2ccccc2)cc1. The second kappa shape index (κ2) is 7.04. The van der Waals surface area contributed by atoms with Crippen molar-refractivity contribution in [3.8, 4) is 22.4 Å². The lowest BCUT2D eigenvalue weighted by molar-refractivity contribution is -0.387. The van der Waals surface area contributed by atoms with Crippen LogP contribution in [0.1, 0.15) is 11.3 Å². The monoisotopic (exact) mass is 342 g/mol. The topological polar surface area (TPSA) is 81.1 Å². The van der Waals surface area contributed by atoms with Gasteiger partial charge in [-0.1, -0.05) is 54.6 Å². The molecule has 0 aliphatic rings. The molecule has 0 bridgehead atoms. The van der Waals surface area contributed by atoms with Gasteiger partial charge in [0.1, 0.15) is 12.2 Å². The van der Waals surface area contributed by atoms with Crippen LogP contribution in [0.25, 0.3) is 33.3 Å². The van der Waals surface area contributed by atoms with E-state index in [9.17, 15) is 0 Å². The lowest BCUT2D eigenvalue weighted by atomic mass is 9.96. The summed E-state index contributed by atoms with van der Waals surface area (Å²) in [7, 11) is 0. The van der Waals surface area contributed by atoms with Gasteiger partial charge in [-0.3, -0.25) is 4.98 Å². The minimum absolute atomic E-state index is 0.644. The number of rotatable bonds is 4. The van der Waals surface area contributed by atoms with Gasteiger partial charge in [0.25, 0.3) is 0 Å². The third kappa shape index (κ3) is 2.96. The molecule has 26 heavy (non-hydrogen) atoms. The first-order valence-corrected chi connectivity index (χ1v) is 8.82. The average Bonchev–Trinajstić information content (AvgIpc) is 2.73. The van der Waals surface area contributed by atoms with Gasteiger partial charge in [0.2, 0.25) is 0 Å². The molecule has 0 atom stereocenters. The Morgan fingerprint density at radius 1 is 0.769 bits per heavy atom. The summed E-state index contributed by atoms with van der Waals surface area (Å²) in [5, 5.41) is 1.07. The molecule has 0 radical (unpaired) electrons. The zero-order valence-electron chi connectivity index (χ0n) is 14.7. The molecule has 4 heteroatoms. The van der Waals surface area contributed by atoms with E-state index in [4.69, 9.17) is 4.98 Å². The Balaban J connectivity index is 2.00. The van der Waals surface area contributed by atoms with Crippen LogP contribution in [0.2, 0.25) is 0 Å². The maximum Gasteiger partial charge on any atom is 0.118 e. The maximum atomic E-state index is 5.00. The van der Waals surface area contributed by atoms with Crippen molar-refractivity contribution in [1.29, 1.82) is 0 Å². The van der Waals surface area contributed by atoms with Crippen molar-refractivity contribution < 1.29 is 11.5 Å². The van der Waals surface area contributed by atoms with E-state index in [1.807, 2.05) is 18.3 Å². The molecule has 6 N–H and O–H groups in total. The van der Waals surface area contributed by atoms with Gasteiger partial charge >= 0.3 is 0 Å². The van der Waals surface area contributed by atoms with Crippen LogP contribution in [0.4, 0.5) is 0 Å². The molecule has 0 unspecified atom stereocenters. The van der Waals surface area contributed by atoms with Gasteiger partial charge in [-0.15, -0.1) is 0 Å². The Morgan fingerprint density at radius 3 is 2.23 bits per heavy atom. The van der Waals surface area contributed by atoms with Gasteiger partial charge in [-0.25, -0.2) is 4.98 Å². The standard InChI is InChI=1S/C22H20N4/c23-13-15-6-8-17(9-7-15)22-18(16-4-2-1-3-5-16)12-19-20(26-22)10-11-25-21(19)14-24/h1-12H,13-14,23-24H2/p+2. The molecular formula is C22H22N4+2. The molecular weight excluding hydrogens is 320 g/mol. The van der Waals surface area contributed by atoms with Crippen molar-refractivity contribution in [3.05, 3.63) is 84.2 Å². The van der Waals surface area contributed by atoms with E-state index in [1.54, 1.807) is 0 Å². The van der Waals surface area contributed by atoms with Crippen molar-refractivity contribution in [2.75, 3.05) is 0 Å². The molecule has 2 aromatic carbocycles. The first kappa shape index (κ1) is 16.4. The summed E-state index contributed by atoms with van der Waals surface area (Å²) in [5.74, 6) is 0. The first-order chi connectivity index (χ1) is 12.8. The molecule has 0 saturated carbocycles. The number of nitrogens with zero attached hydrogens (tertiary/aromatic N) is 2. The third-order valence-electron chi connectivity index (χ3n) is 4.66. The van der Waals surface area contributed by atoms with Crippen LogP contribution in [-0.2, 0) is 13.1 Å². The summed E-state index contributed by atoms with van der Waals surface area (Å²) < 4.78 is 0. The minimum Gasteiger partial charge on any atom is -0.354 e. The molecule has 0 aliphatic carbocycles. The Morgan fingerprint density at radius 2 is 1.54 bits per heavy atom. The van der Waals surface area contributed by atoms with Gasteiger partial charge < -0.3 is 11.5 Å². The fraction of sp³-hybridized carbons (Fsp3) is 0.0909. The van der Waals surface area contributed by atoms with E-state index >= 15 is 0 Å². The van der Waals surface area contributed by atoms with E-state index in [0.29, 0.717) is 6.54 Å². The van der Waals surface area contributed by atoms with Crippen LogP contribution in [-0.4, -0.2) is 9.97 Å². The third-order valence-corrected chi connectivity index (χ3v) is 4.66. The summed E-state index contributed by atoms with van der Waals surface area (Å²) in [5.41, 5.74) is 15.5. The molecule has 4 aromatic rings. The molecule has 0 amide bonds. The summed E-state index contributed by atoms with van der Waals surface area (Å²) in [6.07, 6.45) is 1.81. The highest BCUT2D eigenvalue weighted by molar-refractivity contribution is 5.92. The first-order valence-electron chi connectivity index (χ1n) is 8.82. The largest absolute Gasteiger partial charge is 0.354 e. The average molecular weight is 342 g/mol. The number of pyridine rings is 2. The zero-order chi connectivity index (χ0) is 17.9. The van der Waals surface area contributed by atoms with Crippen LogP contribution in [0.5, 0.6) is 0 Å². The Kier molecular flexibility index (Phi) is 4.44. The summed E-state index contributed by atoms with van der Waals surface area (Å²) in [6, 6.07) is 23.1. The number of benzene rings is 2. The van der Waals surface area contributed by atoms with E-state index in [1.165, 1.54) is 5.56 Å². The van der Waals surface area contributed by atoms with Crippen LogP contribution < -0.4 is 11.5 Å². The highest BCUT2D eigenvalue weighted by atomic mass is 14.8. The van der Waals surface area contributed by atoms with Crippen molar-refractivity contribution in [3.63, 3.8) is 0 Å². The van der Waals surface area contributed by atoms with Gasteiger partial charge in [0.05, 0.1) is 17.8 Å². The van der Waals surface area contributed by atoms with E-state index < -0.39 is 0 Å². The quantitative estimate of drug-likeness (QED) is 0.597. The molecule has 4 nitrogen and oxygen atoms in total. The summed E-state index contributed by atoms with van der Waals surface area (Å²) in [6.45, 7) is 1.43. The number of hydrogen-bond acceptors (Lipinski definition) is 2. The van der Waals surface area contributed by atoms with Crippen molar-refractivity contribution >= 4 is 10.9 Å². The molecule has 2 aromatic heterocycles. The van der Waals surface area contributed by atoms with Crippen molar-refractivity contribution in [2.24, 2.45) is 0 Å². The van der Waals surface area contributed by atoms with Gasteiger partial charge in [0.15, 0.2) is 0 Å². The fourth-order valence-corrected chi connectivity index (χ4v) is 3.24. The predicted octanol–water partition coefficient (Wildman–Crippen LogP) is 2.45. The Bertz CT molecular complexity index is 1040.